The fourth-order valence-corrected chi connectivity index (χ4v) is 3.16. The molecule has 1 aromatic carbocycles. The van der Waals surface area contributed by atoms with E-state index in [1.807, 2.05) is 12.1 Å². The first-order valence-corrected chi connectivity index (χ1v) is 8.15. The Morgan fingerprint density at radius 2 is 2.17 bits per heavy atom. The van der Waals surface area contributed by atoms with Crippen molar-refractivity contribution in [2.75, 3.05) is 37.7 Å². The van der Waals surface area contributed by atoms with Crippen LogP contribution in [0.1, 0.15) is 6.92 Å². The summed E-state index contributed by atoms with van der Waals surface area (Å²) in [5.41, 5.74) is 0.744. The number of hydrogen-bond donors (Lipinski definition) is 1. The molecule has 7 heteroatoms. The van der Waals surface area contributed by atoms with E-state index in [0.29, 0.717) is 31.3 Å². The molecule has 0 aromatic heterocycles. The van der Waals surface area contributed by atoms with E-state index in [2.05, 4.69) is 11.8 Å². The molecule has 1 aromatic rings. The number of rotatable bonds is 4. The van der Waals surface area contributed by atoms with Gasteiger partial charge in [0, 0.05) is 29.8 Å². The number of amides is 1. The number of anilines is 1. The van der Waals surface area contributed by atoms with E-state index in [0.717, 1.165) is 5.69 Å². The average molecular weight is 341 g/mol. The Morgan fingerprint density at radius 3 is 2.91 bits per heavy atom. The lowest BCUT2D eigenvalue weighted by Gasteiger charge is -2.38. The highest BCUT2D eigenvalue weighted by atomic mass is 35.5. The van der Waals surface area contributed by atoms with Gasteiger partial charge in [-0.2, -0.15) is 0 Å². The highest BCUT2D eigenvalue weighted by Crippen LogP contribution is 2.25. The summed E-state index contributed by atoms with van der Waals surface area (Å²) in [6.45, 7) is 4.41. The number of aliphatic hydroxyl groups excluding tert-OH is 1. The maximum Gasteiger partial charge on any atom is 0.414 e. The molecule has 3 unspecified atom stereocenters. The van der Waals surface area contributed by atoms with Crippen LogP contribution in [-0.4, -0.2) is 67.2 Å². The summed E-state index contributed by atoms with van der Waals surface area (Å²) in [6.07, 6.45) is -0.731. The fraction of sp³-hybridized carbons (Fsp3) is 0.562. The SMILES string of the molecule is CC1COC(CO)CN1CC1CN(c2cccc(Cl)c2)C(=O)O1. The molecule has 3 rings (SSSR count). The van der Waals surface area contributed by atoms with Crippen molar-refractivity contribution in [3.05, 3.63) is 29.3 Å². The second-order valence-electron chi connectivity index (χ2n) is 6.04. The molecule has 0 saturated carbocycles. The molecule has 2 aliphatic rings. The second-order valence-corrected chi connectivity index (χ2v) is 6.47. The largest absolute Gasteiger partial charge is 0.443 e. The molecule has 0 bridgehead atoms. The molecule has 0 spiro atoms. The van der Waals surface area contributed by atoms with Gasteiger partial charge in [0.15, 0.2) is 0 Å². The van der Waals surface area contributed by atoms with Crippen LogP contribution >= 0.6 is 11.6 Å². The Balaban J connectivity index is 1.63. The normalized spacial score (nSPS) is 28.9. The Bertz CT molecular complexity index is 571. The van der Waals surface area contributed by atoms with Crippen LogP contribution in [0.3, 0.4) is 0 Å². The number of benzene rings is 1. The van der Waals surface area contributed by atoms with Crippen molar-refractivity contribution in [3.8, 4) is 0 Å². The third-order valence-corrected chi connectivity index (χ3v) is 4.51. The van der Waals surface area contributed by atoms with Crippen LogP contribution in [0.5, 0.6) is 0 Å². The van der Waals surface area contributed by atoms with Gasteiger partial charge in [-0.3, -0.25) is 9.80 Å². The van der Waals surface area contributed by atoms with Crippen molar-refractivity contribution in [1.82, 2.24) is 4.90 Å². The molecule has 1 amide bonds. The minimum absolute atomic E-state index is 0.00230. The van der Waals surface area contributed by atoms with E-state index in [1.165, 1.54) is 0 Å². The zero-order valence-electron chi connectivity index (χ0n) is 13.0. The van der Waals surface area contributed by atoms with Crippen LogP contribution in [0, 0.1) is 0 Å². The Hall–Kier alpha value is -1.34. The fourth-order valence-electron chi connectivity index (χ4n) is 2.97. The zero-order chi connectivity index (χ0) is 16.4. The minimum Gasteiger partial charge on any atom is -0.443 e. The molecule has 0 aliphatic carbocycles. The van der Waals surface area contributed by atoms with Crippen molar-refractivity contribution in [2.45, 2.75) is 25.2 Å². The highest BCUT2D eigenvalue weighted by molar-refractivity contribution is 6.30. The topological polar surface area (TPSA) is 62.2 Å². The van der Waals surface area contributed by atoms with Crippen molar-refractivity contribution in [3.63, 3.8) is 0 Å². The lowest BCUT2D eigenvalue weighted by Crippen LogP contribution is -2.52. The summed E-state index contributed by atoms with van der Waals surface area (Å²) in [5, 5.41) is 9.85. The third kappa shape index (κ3) is 3.77. The number of hydrogen-bond acceptors (Lipinski definition) is 5. The van der Waals surface area contributed by atoms with E-state index in [4.69, 9.17) is 21.1 Å². The summed E-state index contributed by atoms with van der Waals surface area (Å²) in [5.74, 6) is 0. The Labute approximate surface area is 140 Å². The first-order valence-electron chi connectivity index (χ1n) is 7.77. The number of aliphatic hydroxyl groups is 1. The minimum atomic E-state index is -0.350. The van der Waals surface area contributed by atoms with Gasteiger partial charge in [-0.05, 0) is 25.1 Å². The first-order chi connectivity index (χ1) is 11.1. The van der Waals surface area contributed by atoms with E-state index in [-0.39, 0.29) is 30.9 Å². The van der Waals surface area contributed by atoms with E-state index >= 15 is 0 Å². The van der Waals surface area contributed by atoms with Gasteiger partial charge in [-0.15, -0.1) is 0 Å². The number of nitrogens with zero attached hydrogens (tertiary/aromatic N) is 2. The summed E-state index contributed by atoms with van der Waals surface area (Å²) in [7, 11) is 0. The molecule has 3 atom stereocenters. The second kappa shape index (κ2) is 7.05. The quantitative estimate of drug-likeness (QED) is 0.904. The predicted octanol–water partition coefficient (Wildman–Crippen LogP) is 1.75. The van der Waals surface area contributed by atoms with Crippen molar-refractivity contribution < 1.29 is 19.4 Å². The zero-order valence-corrected chi connectivity index (χ0v) is 13.8. The van der Waals surface area contributed by atoms with Crippen LogP contribution < -0.4 is 4.90 Å². The number of cyclic esters (lactones) is 1. The third-order valence-electron chi connectivity index (χ3n) is 4.27. The standard InChI is InChI=1S/C16H21ClN2O4/c1-11-10-22-15(9-20)7-18(11)6-14-8-19(16(21)23-14)13-4-2-3-12(17)5-13/h2-5,11,14-15,20H,6-10H2,1H3. The summed E-state index contributed by atoms with van der Waals surface area (Å²) in [4.78, 5) is 15.9. The molecule has 6 nitrogen and oxygen atoms in total. The summed E-state index contributed by atoms with van der Waals surface area (Å²) in [6, 6.07) is 7.42. The Morgan fingerprint density at radius 1 is 1.35 bits per heavy atom. The molecule has 2 saturated heterocycles. The first kappa shape index (κ1) is 16.5. The van der Waals surface area contributed by atoms with Gasteiger partial charge >= 0.3 is 6.09 Å². The van der Waals surface area contributed by atoms with Crippen molar-refractivity contribution in [1.29, 1.82) is 0 Å². The van der Waals surface area contributed by atoms with Crippen LogP contribution in [0.15, 0.2) is 24.3 Å². The van der Waals surface area contributed by atoms with Gasteiger partial charge in [0.05, 0.1) is 25.9 Å². The van der Waals surface area contributed by atoms with Crippen LogP contribution in [-0.2, 0) is 9.47 Å². The maximum atomic E-state index is 12.1. The van der Waals surface area contributed by atoms with E-state index < -0.39 is 0 Å². The van der Waals surface area contributed by atoms with Gasteiger partial charge in [-0.1, -0.05) is 17.7 Å². The Kier molecular flexibility index (Phi) is 5.06. The lowest BCUT2D eigenvalue weighted by molar-refractivity contribution is -0.0846. The van der Waals surface area contributed by atoms with Crippen LogP contribution in [0.25, 0.3) is 0 Å². The molecule has 2 fully saturated rings. The van der Waals surface area contributed by atoms with Gasteiger partial charge in [0.1, 0.15) is 6.10 Å². The van der Waals surface area contributed by atoms with Gasteiger partial charge in [0.2, 0.25) is 0 Å². The van der Waals surface area contributed by atoms with Crippen LogP contribution in [0.4, 0.5) is 10.5 Å². The molecule has 23 heavy (non-hydrogen) atoms. The molecule has 0 radical (unpaired) electrons. The van der Waals surface area contributed by atoms with Gasteiger partial charge in [-0.25, -0.2) is 4.79 Å². The number of carbonyl (C=O) groups is 1. The lowest BCUT2D eigenvalue weighted by atomic mass is 10.1. The molecule has 2 aliphatic heterocycles. The molecule has 126 valence electrons. The van der Waals surface area contributed by atoms with Gasteiger partial charge < -0.3 is 14.6 Å². The maximum absolute atomic E-state index is 12.1. The van der Waals surface area contributed by atoms with Crippen molar-refractivity contribution >= 4 is 23.4 Å². The van der Waals surface area contributed by atoms with Crippen molar-refractivity contribution in [2.24, 2.45) is 0 Å². The average Bonchev–Trinajstić information content (AvgIpc) is 2.90. The number of ether oxygens (including phenoxy) is 2. The monoisotopic (exact) mass is 340 g/mol. The van der Waals surface area contributed by atoms with E-state index in [9.17, 15) is 9.90 Å². The highest BCUT2D eigenvalue weighted by Gasteiger charge is 2.36. The number of halogens is 1. The van der Waals surface area contributed by atoms with Gasteiger partial charge in [0.25, 0.3) is 0 Å². The molecular weight excluding hydrogens is 320 g/mol. The number of carbonyl (C=O) groups excluding carboxylic acids is 1. The molecule has 1 N–H and O–H groups in total. The predicted molar refractivity (Wildman–Crippen MR) is 86.9 cm³/mol. The van der Waals surface area contributed by atoms with E-state index in [1.54, 1.807) is 17.0 Å². The summed E-state index contributed by atoms with van der Waals surface area (Å²) < 4.78 is 11.0. The number of morpholine rings is 1. The van der Waals surface area contributed by atoms with Crippen LogP contribution in [0.2, 0.25) is 5.02 Å². The summed E-state index contributed by atoms with van der Waals surface area (Å²) >= 11 is 5.99. The molecular formula is C16H21ClN2O4. The molecule has 2 heterocycles. The smallest absolute Gasteiger partial charge is 0.414 e.